The zero-order chi connectivity index (χ0) is 22.3. The highest BCUT2D eigenvalue weighted by Gasteiger charge is 2.51. The van der Waals surface area contributed by atoms with Gasteiger partial charge in [0.1, 0.15) is 6.04 Å². The predicted molar refractivity (Wildman–Crippen MR) is 113 cm³/mol. The van der Waals surface area contributed by atoms with Crippen molar-refractivity contribution < 1.29 is 9.59 Å². The van der Waals surface area contributed by atoms with Crippen molar-refractivity contribution in [2.24, 2.45) is 11.7 Å². The maximum absolute atomic E-state index is 13.1. The largest absolute Gasteiger partial charge is 0.330 e. The van der Waals surface area contributed by atoms with Gasteiger partial charge in [0, 0.05) is 25.7 Å². The average Bonchev–Trinajstić information content (AvgIpc) is 3.44. The molecule has 0 aliphatic carbocycles. The summed E-state index contributed by atoms with van der Waals surface area (Å²) in [6.07, 6.45) is 1.41. The zero-order valence-electron chi connectivity index (χ0n) is 17.9. The number of carbonyl (C=O) groups is 2. The van der Waals surface area contributed by atoms with Gasteiger partial charge in [-0.2, -0.15) is 10.5 Å². The number of carbonyl (C=O) groups excluding carboxylic acids is 2. The minimum Gasteiger partial charge on any atom is -0.330 e. The summed E-state index contributed by atoms with van der Waals surface area (Å²) in [5.74, 6) is 0.139. The summed E-state index contributed by atoms with van der Waals surface area (Å²) in [7, 11) is 0. The quantitative estimate of drug-likeness (QED) is 0.759. The van der Waals surface area contributed by atoms with Crippen LogP contribution in [0.2, 0.25) is 0 Å². The molecule has 2 amide bonds. The van der Waals surface area contributed by atoms with Gasteiger partial charge in [-0.15, -0.1) is 0 Å². The van der Waals surface area contributed by atoms with Crippen LogP contribution in [0.5, 0.6) is 0 Å². The van der Waals surface area contributed by atoms with Gasteiger partial charge in [-0.1, -0.05) is 19.1 Å². The number of benzene rings is 1. The first-order chi connectivity index (χ1) is 14.8. The summed E-state index contributed by atoms with van der Waals surface area (Å²) in [6, 6.07) is 10.3. The standard InChI is InChI=1S/C23H28N6O2/c1-14-6-18(10-25)28(11-14)22(30)20(26)13-27-12-19-8-21(27)23(31)29(19)15(2)17-5-3-4-16(7-17)9-24/h3-5,7,14-15,18-21H,6,8,11-13,26H2,1-2H3/t14?,15-,18?,19-,20?,21?/m0/s1. The number of piperazine rings is 1. The van der Waals surface area contributed by atoms with E-state index in [1.54, 1.807) is 11.0 Å². The first-order valence-corrected chi connectivity index (χ1v) is 10.9. The summed E-state index contributed by atoms with van der Waals surface area (Å²) < 4.78 is 0. The van der Waals surface area contributed by atoms with E-state index in [-0.39, 0.29) is 29.9 Å². The fraction of sp³-hybridized carbons (Fsp3) is 0.565. The Labute approximate surface area is 182 Å². The van der Waals surface area contributed by atoms with Crippen molar-refractivity contribution in [3.8, 4) is 12.1 Å². The lowest BCUT2D eigenvalue weighted by Gasteiger charge is -2.38. The highest BCUT2D eigenvalue weighted by atomic mass is 16.2. The molecule has 3 saturated heterocycles. The number of nitrogens with two attached hydrogens (primary N) is 1. The Kier molecular flexibility index (Phi) is 5.70. The van der Waals surface area contributed by atoms with Gasteiger partial charge in [0.15, 0.2) is 0 Å². The molecule has 0 radical (unpaired) electrons. The molecule has 162 valence electrons. The van der Waals surface area contributed by atoms with Crippen LogP contribution in [0.1, 0.15) is 43.9 Å². The molecule has 2 N–H and O–H groups in total. The molecule has 8 nitrogen and oxygen atoms in total. The normalized spacial score (nSPS) is 29.6. The molecule has 0 spiro atoms. The Morgan fingerprint density at radius 2 is 2.06 bits per heavy atom. The first kappa shape index (κ1) is 21.3. The molecule has 3 fully saturated rings. The second-order valence-electron chi connectivity index (χ2n) is 9.10. The van der Waals surface area contributed by atoms with Crippen LogP contribution in [-0.4, -0.2) is 70.3 Å². The minimum absolute atomic E-state index is 0.0513. The van der Waals surface area contributed by atoms with E-state index < -0.39 is 12.1 Å². The van der Waals surface area contributed by atoms with Gasteiger partial charge >= 0.3 is 0 Å². The lowest BCUT2D eigenvalue weighted by molar-refractivity contribution is -0.141. The second-order valence-corrected chi connectivity index (χ2v) is 9.10. The number of nitrogens with zero attached hydrogens (tertiary/aromatic N) is 5. The van der Waals surface area contributed by atoms with Gasteiger partial charge in [0.05, 0.1) is 35.8 Å². The predicted octanol–water partition coefficient (Wildman–Crippen LogP) is 0.992. The van der Waals surface area contributed by atoms with Gasteiger partial charge in [-0.05, 0) is 43.4 Å². The van der Waals surface area contributed by atoms with Crippen molar-refractivity contribution in [2.45, 2.75) is 56.9 Å². The van der Waals surface area contributed by atoms with Crippen LogP contribution in [0.25, 0.3) is 0 Å². The molecule has 1 aromatic carbocycles. The van der Waals surface area contributed by atoms with E-state index in [0.29, 0.717) is 37.5 Å². The first-order valence-electron chi connectivity index (χ1n) is 10.9. The van der Waals surface area contributed by atoms with E-state index in [9.17, 15) is 14.9 Å². The fourth-order valence-corrected chi connectivity index (χ4v) is 5.38. The maximum atomic E-state index is 13.1. The molecule has 0 saturated carbocycles. The van der Waals surface area contributed by atoms with Crippen molar-refractivity contribution in [3.63, 3.8) is 0 Å². The van der Waals surface area contributed by atoms with Crippen LogP contribution in [-0.2, 0) is 9.59 Å². The van der Waals surface area contributed by atoms with Crippen molar-refractivity contribution in [1.29, 1.82) is 10.5 Å². The van der Waals surface area contributed by atoms with E-state index >= 15 is 0 Å². The SMILES string of the molecule is CC1CC(C#N)N(C(=O)C(N)CN2C[C@@H]3CC2C(=O)N3[C@@H](C)c2cccc(C#N)c2)C1. The van der Waals surface area contributed by atoms with Gasteiger partial charge < -0.3 is 15.5 Å². The summed E-state index contributed by atoms with van der Waals surface area (Å²) in [5, 5.41) is 18.5. The lowest BCUT2D eigenvalue weighted by atomic mass is 10.0. The van der Waals surface area contributed by atoms with Gasteiger partial charge in [-0.25, -0.2) is 0 Å². The smallest absolute Gasteiger partial charge is 0.241 e. The molecular formula is C23H28N6O2. The molecule has 4 unspecified atom stereocenters. The Balaban J connectivity index is 1.40. The van der Waals surface area contributed by atoms with E-state index in [2.05, 4.69) is 12.1 Å². The highest BCUT2D eigenvalue weighted by molar-refractivity contribution is 5.87. The zero-order valence-corrected chi connectivity index (χ0v) is 17.9. The van der Waals surface area contributed by atoms with E-state index in [4.69, 9.17) is 11.0 Å². The van der Waals surface area contributed by atoms with Crippen LogP contribution >= 0.6 is 0 Å². The van der Waals surface area contributed by atoms with Gasteiger partial charge in [-0.3, -0.25) is 14.5 Å². The summed E-state index contributed by atoms with van der Waals surface area (Å²) in [5.41, 5.74) is 7.77. The summed E-state index contributed by atoms with van der Waals surface area (Å²) >= 11 is 0. The third-order valence-corrected chi connectivity index (χ3v) is 6.92. The third-order valence-electron chi connectivity index (χ3n) is 6.92. The number of hydrogen-bond acceptors (Lipinski definition) is 6. The van der Waals surface area contributed by atoms with Crippen LogP contribution in [0, 0.1) is 28.6 Å². The van der Waals surface area contributed by atoms with Crippen LogP contribution < -0.4 is 5.73 Å². The van der Waals surface area contributed by atoms with E-state index in [1.165, 1.54) is 0 Å². The summed E-state index contributed by atoms with van der Waals surface area (Å²) in [4.78, 5) is 31.5. The average molecular weight is 421 g/mol. The molecule has 3 aliphatic rings. The Morgan fingerprint density at radius 3 is 2.74 bits per heavy atom. The highest BCUT2D eigenvalue weighted by Crippen LogP contribution is 2.38. The summed E-state index contributed by atoms with van der Waals surface area (Å²) in [6.45, 7) is 5.58. The van der Waals surface area contributed by atoms with Crippen LogP contribution in [0.4, 0.5) is 0 Å². The topological polar surface area (TPSA) is 117 Å². The number of amides is 2. The number of rotatable bonds is 5. The fourth-order valence-electron chi connectivity index (χ4n) is 5.38. The molecule has 3 heterocycles. The molecule has 0 aromatic heterocycles. The van der Waals surface area contributed by atoms with Crippen LogP contribution in [0.15, 0.2) is 24.3 Å². The Bertz CT molecular complexity index is 966. The molecule has 6 atom stereocenters. The van der Waals surface area contributed by atoms with Crippen LogP contribution in [0.3, 0.4) is 0 Å². The van der Waals surface area contributed by atoms with Gasteiger partial charge in [0.2, 0.25) is 11.8 Å². The third kappa shape index (κ3) is 3.78. The van der Waals surface area contributed by atoms with E-state index in [1.807, 2.05) is 41.8 Å². The van der Waals surface area contributed by atoms with Crippen molar-refractivity contribution in [3.05, 3.63) is 35.4 Å². The number of hydrogen-bond donors (Lipinski definition) is 1. The Hall–Kier alpha value is -2.94. The second kappa shape index (κ2) is 8.30. The number of fused-ring (bicyclic) bond motifs is 2. The number of likely N-dealkylation sites (tertiary alicyclic amines) is 3. The molecular weight excluding hydrogens is 392 g/mol. The monoisotopic (exact) mass is 420 g/mol. The maximum Gasteiger partial charge on any atom is 0.241 e. The lowest BCUT2D eigenvalue weighted by Crippen LogP contribution is -2.56. The molecule has 1 aromatic rings. The van der Waals surface area contributed by atoms with Gasteiger partial charge in [0.25, 0.3) is 0 Å². The molecule has 8 heteroatoms. The molecule has 3 aliphatic heterocycles. The number of nitriles is 2. The van der Waals surface area contributed by atoms with Crippen molar-refractivity contribution in [1.82, 2.24) is 14.7 Å². The van der Waals surface area contributed by atoms with Crippen molar-refractivity contribution >= 4 is 11.8 Å². The molecule has 31 heavy (non-hydrogen) atoms. The molecule has 2 bridgehead atoms. The Morgan fingerprint density at radius 1 is 1.29 bits per heavy atom. The minimum atomic E-state index is -0.744. The molecule has 4 rings (SSSR count). The van der Waals surface area contributed by atoms with E-state index in [0.717, 1.165) is 12.0 Å². The van der Waals surface area contributed by atoms with Crippen molar-refractivity contribution in [2.75, 3.05) is 19.6 Å².